The monoisotopic (exact) mass is 234 g/mol. The van der Waals surface area contributed by atoms with Gasteiger partial charge in [-0.1, -0.05) is 11.6 Å². The summed E-state index contributed by atoms with van der Waals surface area (Å²) in [6, 6.07) is 5.01. The number of benzene rings is 1. The normalized spacial score (nSPS) is 11.0. The number of rotatable bonds is 1. The summed E-state index contributed by atoms with van der Waals surface area (Å²) in [6.45, 7) is 0. The van der Waals surface area contributed by atoms with Crippen molar-refractivity contribution >= 4 is 44.6 Å². The maximum Gasteiger partial charge on any atom is 0.177 e. The van der Waals surface area contributed by atoms with Crippen LogP contribution in [0.3, 0.4) is 0 Å². The summed E-state index contributed by atoms with van der Waals surface area (Å²) in [4.78, 5) is 0. The molecule has 0 nitrogen and oxygen atoms in total. The molecule has 0 aliphatic carbocycles. The van der Waals surface area contributed by atoms with Crippen LogP contribution in [0.2, 0.25) is 5.02 Å². The Kier molecular flexibility index (Phi) is 2.45. The average Bonchev–Trinajstić information content (AvgIpc) is 2.43. The van der Waals surface area contributed by atoms with Crippen LogP contribution in [-0.2, 0) is 5.88 Å². The third-order valence-corrected chi connectivity index (χ3v) is 3.18. The third-order valence-electron chi connectivity index (χ3n) is 1.80. The van der Waals surface area contributed by atoms with Gasteiger partial charge in [0.2, 0.25) is 0 Å². The molecule has 68 valence electrons. The van der Waals surface area contributed by atoms with E-state index in [9.17, 15) is 4.39 Å². The lowest BCUT2D eigenvalue weighted by Gasteiger charge is -1.98. The summed E-state index contributed by atoms with van der Waals surface area (Å²) >= 11 is 12.6. The van der Waals surface area contributed by atoms with E-state index in [-0.39, 0.29) is 5.13 Å². The summed E-state index contributed by atoms with van der Waals surface area (Å²) in [5.41, 5.74) is 0.879. The lowest BCUT2D eigenvalue weighted by atomic mass is 10.1. The fraction of sp³-hybridized carbons (Fsp3) is 0.111. The van der Waals surface area contributed by atoms with Crippen LogP contribution >= 0.6 is 34.5 Å². The predicted octanol–water partition coefficient (Wildman–Crippen LogP) is 4.43. The van der Waals surface area contributed by atoms with Gasteiger partial charge in [-0.2, -0.15) is 4.39 Å². The molecule has 0 amide bonds. The zero-order chi connectivity index (χ0) is 9.42. The first-order chi connectivity index (χ1) is 6.20. The van der Waals surface area contributed by atoms with Crippen LogP contribution < -0.4 is 0 Å². The van der Waals surface area contributed by atoms with Crippen LogP contribution in [0.1, 0.15) is 5.56 Å². The molecule has 0 unspecified atom stereocenters. The molecule has 1 aromatic heterocycles. The zero-order valence-electron chi connectivity index (χ0n) is 6.48. The smallest absolute Gasteiger partial charge is 0.177 e. The number of alkyl halides is 1. The van der Waals surface area contributed by atoms with E-state index in [0.717, 1.165) is 27.0 Å². The highest BCUT2D eigenvalue weighted by Gasteiger charge is 2.06. The lowest BCUT2D eigenvalue weighted by molar-refractivity contribution is 0.658. The van der Waals surface area contributed by atoms with Gasteiger partial charge in [0.1, 0.15) is 0 Å². The highest BCUT2D eigenvalue weighted by atomic mass is 35.5. The van der Waals surface area contributed by atoms with Gasteiger partial charge in [0.15, 0.2) is 5.13 Å². The van der Waals surface area contributed by atoms with Gasteiger partial charge in [0.05, 0.1) is 0 Å². The second kappa shape index (κ2) is 3.45. The predicted molar refractivity (Wildman–Crippen MR) is 56.4 cm³/mol. The van der Waals surface area contributed by atoms with Crippen molar-refractivity contribution in [3.8, 4) is 0 Å². The van der Waals surface area contributed by atoms with Gasteiger partial charge >= 0.3 is 0 Å². The van der Waals surface area contributed by atoms with Crippen LogP contribution in [0.5, 0.6) is 0 Å². The zero-order valence-corrected chi connectivity index (χ0v) is 8.81. The van der Waals surface area contributed by atoms with E-state index < -0.39 is 0 Å². The first-order valence-corrected chi connectivity index (χ1v) is 5.37. The minimum absolute atomic E-state index is 0.205. The maximum atomic E-state index is 12.9. The quantitative estimate of drug-likeness (QED) is 0.641. The van der Waals surface area contributed by atoms with E-state index in [1.54, 1.807) is 12.1 Å². The number of halogens is 3. The van der Waals surface area contributed by atoms with Crippen molar-refractivity contribution in [2.45, 2.75) is 5.88 Å². The molecule has 2 rings (SSSR count). The Labute approximate surface area is 88.9 Å². The molecule has 0 aliphatic heterocycles. The molecule has 4 heteroatoms. The number of hydrogen-bond donors (Lipinski definition) is 0. The van der Waals surface area contributed by atoms with Crippen molar-refractivity contribution in [3.05, 3.63) is 33.9 Å². The van der Waals surface area contributed by atoms with Crippen molar-refractivity contribution in [2.24, 2.45) is 0 Å². The van der Waals surface area contributed by atoms with Gasteiger partial charge in [-0.15, -0.1) is 22.9 Å². The van der Waals surface area contributed by atoms with E-state index in [1.165, 1.54) is 6.07 Å². The maximum absolute atomic E-state index is 12.9. The molecule has 1 aromatic carbocycles. The Balaban J connectivity index is 2.80. The molecule has 2 aromatic rings. The Morgan fingerprint density at radius 2 is 2.08 bits per heavy atom. The Morgan fingerprint density at radius 3 is 2.77 bits per heavy atom. The molecular formula is C9H5Cl2FS. The molecule has 0 aliphatic rings. The first-order valence-electron chi connectivity index (χ1n) is 3.64. The minimum Gasteiger partial charge on any atom is -0.195 e. The van der Waals surface area contributed by atoms with Crippen molar-refractivity contribution < 1.29 is 4.39 Å². The van der Waals surface area contributed by atoms with Crippen LogP contribution in [0, 0.1) is 5.13 Å². The molecule has 0 radical (unpaired) electrons. The Hall–Kier alpha value is -0.310. The highest BCUT2D eigenvalue weighted by Crippen LogP contribution is 2.31. The van der Waals surface area contributed by atoms with E-state index in [1.807, 2.05) is 0 Å². The topological polar surface area (TPSA) is 0 Å². The van der Waals surface area contributed by atoms with E-state index in [2.05, 4.69) is 0 Å². The molecule has 0 atom stereocenters. The lowest BCUT2D eigenvalue weighted by Crippen LogP contribution is -1.78. The Morgan fingerprint density at radius 1 is 1.31 bits per heavy atom. The van der Waals surface area contributed by atoms with Crippen LogP contribution in [0.25, 0.3) is 10.1 Å². The van der Waals surface area contributed by atoms with E-state index in [0.29, 0.717) is 10.9 Å². The van der Waals surface area contributed by atoms with Gasteiger partial charge in [-0.05, 0) is 29.1 Å². The highest BCUT2D eigenvalue weighted by molar-refractivity contribution is 7.17. The van der Waals surface area contributed by atoms with Crippen LogP contribution in [0.4, 0.5) is 4.39 Å². The van der Waals surface area contributed by atoms with Crippen molar-refractivity contribution in [1.82, 2.24) is 0 Å². The Bertz CT molecular complexity index is 450. The summed E-state index contributed by atoms with van der Waals surface area (Å²) in [7, 11) is 0. The van der Waals surface area contributed by atoms with Gasteiger partial charge in [-0.25, -0.2) is 0 Å². The molecule has 0 fully saturated rings. The fourth-order valence-electron chi connectivity index (χ4n) is 1.25. The van der Waals surface area contributed by atoms with Gasteiger partial charge < -0.3 is 0 Å². The summed E-state index contributed by atoms with van der Waals surface area (Å²) in [5.74, 6) is 0.354. The van der Waals surface area contributed by atoms with E-state index >= 15 is 0 Å². The van der Waals surface area contributed by atoms with Crippen molar-refractivity contribution in [2.75, 3.05) is 0 Å². The molecule has 13 heavy (non-hydrogen) atoms. The van der Waals surface area contributed by atoms with Crippen molar-refractivity contribution in [3.63, 3.8) is 0 Å². The summed E-state index contributed by atoms with van der Waals surface area (Å²) < 4.78 is 13.7. The molecule has 0 saturated heterocycles. The van der Waals surface area contributed by atoms with Gasteiger partial charge in [-0.3, -0.25) is 0 Å². The summed E-state index contributed by atoms with van der Waals surface area (Å²) in [6.07, 6.45) is 0. The summed E-state index contributed by atoms with van der Waals surface area (Å²) in [5, 5.41) is 1.26. The van der Waals surface area contributed by atoms with Gasteiger partial charge in [0, 0.05) is 15.6 Å². The SMILES string of the molecule is Fc1cc2c(CCl)cc(Cl)cc2s1. The second-order valence-corrected chi connectivity index (χ2v) is 4.40. The number of hydrogen-bond acceptors (Lipinski definition) is 1. The molecule has 0 saturated carbocycles. The van der Waals surface area contributed by atoms with Crippen LogP contribution in [-0.4, -0.2) is 0 Å². The largest absolute Gasteiger partial charge is 0.195 e. The standard InChI is InChI=1S/C9H5Cl2FS/c10-4-5-1-6(11)2-8-7(5)3-9(12)13-8/h1-3H,4H2. The molecule has 0 N–H and O–H groups in total. The molecule has 0 bridgehead atoms. The number of fused-ring (bicyclic) bond motifs is 1. The van der Waals surface area contributed by atoms with Crippen LogP contribution in [0.15, 0.2) is 18.2 Å². The minimum atomic E-state index is -0.205. The van der Waals surface area contributed by atoms with Gasteiger partial charge in [0.25, 0.3) is 0 Å². The first kappa shape index (κ1) is 9.25. The van der Waals surface area contributed by atoms with E-state index in [4.69, 9.17) is 23.2 Å². The molecule has 0 spiro atoms. The second-order valence-electron chi connectivity index (χ2n) is 2.66. The number of thiophene rings is 1. The fourth-order valence-corrected chi connectivity index (χ4v) is 2.65. The van der Waals surface area contributed by atoms with Crippen molar-refractivity contribution in [1.29, 1.82) is 0 Å². The third kappa shape index (κ3) is 1.66. The molecular weight excluding hydrogens is 230 g/mol. The molecule has 1 heterocycles. The average molecular weight is 235 g/mol.